The van der Waals surface area contributed by atoms with Gasteiger partial charge in [-0.05, 0) is 25.3 Å². The van der Waals surface area contributed by atoms with E-state index in [9.17, 15) is 0 Å². The number of nitrogens with zero attached hydrogens (tertiary/aromatic N) is 2. The number of rotatable bonds is 0. The summed E-state index contributed by atoms with van der Waals surface area (Å²) in [4.78, 5) is 9.09. The molecule has 0 saturated carbocycles. The molecule has 0 amide bonds. The van der Waals surface area contributed by atoms with E-state index < -0.39 is 0 Å². The first-order chi connectivity index (χ1) is 7.00. The van der Waals surface area contributed by atoms with Crippen LogP contribution in [-0.2, 0) is 9.88 Å². The van der Waals surface area contributed by atoms with Gasteiger partial charge in [-0.3, -0.25) is 4.89 Å². The molecule has 1 rings (SSSR count). The van der Waals surface area contributed by atoms with Gasteiger partial charge in [-0.25, -0.2) is 0 Å². The smallest absolute Gasteiger partial charge is 0.141 e. The molecule has 1 heterocycles. The number of hydrogen-bond acceptors (Lipinski definition) is 4. The molecule has 0 aromatic heterocycles. The number of hydrogen-bond donors (Lipinski definition) is 0. The van der Waals surface area contributed by atoms with Crippen molar-refractivity contribution in [1.29, 1.82) is 0 Å². The van der Waals surface area contributed by atoms with E-state index in [-0.39, 0.29) is 0 Å². The van der Waals surface area contributed by atoms with Crippen LogP contribution in [-0.4, -0.2) is 6.54 Å². The topological polar surface area (TPSA) is 43.2 Å². The molecule has 0 unspecified atom stereocenters. The van der Waals surface area contributed by atoms with Gasteiger partial charge in [0.25, 0.3) is 0 Å². The molecule has 0 N–H and O–H groups in total. The maximum absolute atomic E-state index is 4.64. The minimum atomic E-state index is 0.729. The van der Waals surface area contributed by atoms with Gasteiger partial charge in [0, 0.05) is 0 Å². The lowest BCUT2D eigenvalue weighted by Gasteiger charge is -1.99. The van der Waals surface area contributed by atoms with Crippen molar-refractivity contribution >= 4 is 0 Å². The van der Waals surface area contributed by atoms with E-state index in [0.29, 0.717) is 0 Å². The van der Waals surface area contributed by atoms with Crippen LogP contribution >= 0.6 is 0 Å². The molecule has 1 aliphatic rings. The lowest BCUT2D eigenvalue weighted by atomic mass is 10.1. The minimum absolute atomic E-state index is 0.729. The Kier molecular flexibility index (Phi) is 6.72. The molecule has 0 aromatic rings. The van der Waals surface area contributed by atoms with E-state index in [1.807, 2.05) is 6.08 Å². The molecule has 4 nitrogen and oxygen atoms in total. The summed E-state index contributed by atoms with van der Waals surface area (Å²) in [5, 5.41) is 7.21. The van der Waals surface area contributed by atoms with Crippen LogP contribution in [0, 0.1) is 0 Å². The van der Waals surface area contributed by atoms with Gasteiger partial charge in [0.05, 0.1) is 11.8 Å². The predicted molar refractivity (Wildman–Crippen MR) is 53.4 cm³/mol. The van der Waals surface area contributed by atoms with Crippen molar-refractivity contribution in [3.8, 4) is 0 Å². The third-order valence-electron chi connectivity index (χ3n) is 2.16. The standard InChI is InChI=1S/C10H18N2O2/c1-2-4-6-8-10-13-14-12-11-9-7-5-3-1/h8,10H,1-7,9H2/b10-8-,12-11+. The molecule has 0 aromatic carbocycles. The predicted octanol–water partition coefficient (Wildman–Crippen LogP) is 3.56. The molecule has 0 spiro atoms. The molecule has 0 aliphatic carbocycles. The van der Waals surface area contributed by atoms with Crippen LogP contribution in [0.1, 0.15) is 44.9 Å². The Hall–Kier alpha value is -1.06. The summed E-state index contributed by atoms with van der Waals surface area (Å²) in [6.07, 6.45) is 12.0. The average Bonchev–Trinajstić information content (AvgIpc) is 2.22. The van der Waals surface area contributed by atoms with E-state index in [1.165, 1.54) is 38.4 Å². The zero-order valence-corrected chi connectivity index (χ0v) is 8.52. The summed E-state index contributed by atoms with van der Waals surface area (Å²) >= 11 is 0. The first kappa shape index (κ1) is 11.0. The lowest BCUT2D eigenvalue weighted by Crippen LogP contribution is -1.85. The van der Waals surface area contributed by atoms with Gasteiger partial charge in [0.15, 0.2) is 0 Å². The van der Waals surface area contributed by atoms with Gasteiger partial charge >= 0.3 is 0 Å². The largest absolute Gasteiger partial charge is 0.274 e. The quantitative estimate of drug-likeness (QED) is 0.558. The number of allylic oxidation sites excluding steroid dienone is 1. The third kappa shape index (κ3) is 6.46. The minimum Gasteiger partial charge on any atom is -0.274 e. The summed E-state index contributed by atoms with van der Waals surface area (Å²) in [5.41, 5.74) is 0. The highest BCUT2D eigenvalue weighted by molar-refractivity contribution is 4.71. The van der Waals surface area contributed by atoms with Crippen molar-refractivity contribution in [3.05, 3.63) is 12.3 Å². The van der Waals surface area contributed by atoms with Crippen molar-refractivity contribution in [2.24, 2.45) is 10.4 Å². The zero-order valence-electron chi connectivity index (χ0n) is 8.52. The highest BCUT2D eigenvalue weighted by atomic mass is 17.3. The van der Waals surface area contributed by atoms with E-state index in [2.05, 4.69) is 20.3 Å². The van der Waals surface area contributed by atoms with Gasteiger partial charge in [-0.1, -0.05) is 25.7 Å². The van der Waals surface area contributed by atoms with Crippen molar-refractivity contribution in [2.75, 3.05) is 6.54 Å². The molecule has 0 radical (unpaired) electrons. The molecule has 0 saturated heterocycles. The van der Waals surface area contributed by atoms with Crippen LogP contribution in [0.4, 0.5) is 0 Å². The van der Waals surface area contributed by atoms with E-state index in [0.717, 1.165) is 19.4 Å². The van der Waals surface area contributed by atoms with E-state index in [1.54, 1.807) is 0 Å². The van der Waals surface area contributed by atoms with Gasteiger partial charge in [-0.2, -0.15) is 0 Å². The van der Waals surface area contributed by atoms with Gasteiger partial charge in [0.2, 0.25) is 0 Å². The van der Waals surface area contributed by atoms with Gasteiger partial charge < -0.3 is 0 Å². The fourth-order valence-corrected chi connectivity index (χ4v) is 1.37. The summed E-state index contributed by atoms with van der Waals surface area (Å²) in [7, 11) is 0. The van der Waals surface area contributed by atoms with Crippen LogP contribution in [0.3, 0.4) is 0 Å². The van der Waals surface area contributed by atoms with Crippen LogP contribution in [0.2, 0.25) is 0 Å². The van der Waals surface area contributed by atoms with Crippen LogP contribution in [0.5, 0.6) is 0 Å². The highest BCUT2D eigenvalue weighted by Gasteiger charge is 1.91. The zero-order chi connectivity index (χ0) is 9.90. The molecule has 1 aliphatic heterocycles. The van der Waals surface area contributed by atoms with Crippen molar-refractivity contribution in [2.45, 2.75) is 44.9 Å². The summed E-state index contributed by atoms with van der Waals surface area (Å²) in [5.74, 6) is 0. The Balaban J connectivity index is 2.17. The van der Waals surface area contributed by atoms with Crippen molar-refractivity contribution < 1.29 is 9.88 Å². The first-order valence-corrected chi connectivity index (χ1v) is 5.34. The Morgan fingerprint density at radius 1 is 0.929 bits per heavy atom. The Labute approximate surface area is 84.9 Å². The van der Waals surface area contributed by atoms with Crippen LogP contribution in [0.15, 0.2) is 22.7 Å². The maximum atomic E-state index is 4.64. The van der Waals surface area contributed by atoms with Crippen molar-refractivity contribution in [3.63, 3.8) is 0 Å². The fraction of sp³-hybridized carbons (Fsp3) is 0.800. The van der Waals surface area contributed by atoms with Crippen LogP contribution in [0.25, 0.3) is 0 Å². The summed E-state index contributed by atoms with van der Waals surface area (Å²) < 4.78 is 0. The van der Waals surface area contributed by atoms with E-state index in [4.69, 9.17) is 0 Å². The molecule has 0 bridgehead atoms. The molecular formula is C10H18N2O2. The first-order valence-electron chi connectivity index (χ1n) is 5.34. The molecule has 0 fully saturated rings. The SMILES string of the molecule is C1=C\OO/N=N/CCCCCCCC/1. The Bertz CT molecular complexity index is 161. The van der Waals surface area contributed by atoms with Crippen LogP contribution < -0.4 is 0 Å². The lowest BCUT2D eigenvalue weighted by molar-refractivity contribution is -0.257. The normalized spacial score (nSPS) is 25.1. The molecule has 14 heavy (non-hydrogen) atoms. The van der Waals surface area contributed by atoms with Gasteiger partial charge in [0.1, 0.15) is 6.26 Å². The second-order valence-electron chi connectivity index (χ2n) is 3.40. The molecule has 80 valence electrons. The summed E-state index contributed by atoms with van der Waals surface area (Å²) in [6, 6.07) is 0. The molecule has 0 atom stereocenters. The Morgan fingerprint density at radius 3 is 2.64 bits per heavy atom. The highest BCUT2D eigenvalue weighted by Crippen LogP contribution is 2.08. The monoisotopic (exact) mass is 198 g/mol. The summed E-state index contributed by atoms with van der Waals surface area (Å²) in [6.45, 7) is 0.729. The third-order valence-corrected chi connectivity index (χ3v) is 2.16. The van der Waals surface area contributed by atoms with Crippen molar-refractivity contribution in [1.82, 2.24) is 0 Å². The average molecular weight is 198 g/mol. The molecular weight excluding hydrogens is 180 g/mol. The second kappa shape index (κ2) is 8.53. The van der Waals surface area contributed by atoms with Gasteiger partial charge in [-0.15, -0.1) is 10.1 Å². The van der Waals surface area contributed by atoms with E-state index >= 15 is 0 Å². The maximum Gasteiger partial charge on any atom is 0.141 e. The second-order valence-corrected chi connectivity index (χ2v) is 3.40. The fourth-order valence-electron chi connectivity index (χ4n) is 1.37. The molecule has 4 heteroatoms. The Morgan fingerprint density at radius 2 is 1.71 bits per heavy atom.